The molecule has 0 radical (unpaired) electrons. The number of piperidine rings is 1. The molecule has 7 nitrogen and oxygen atoms in total. The van der Waals surface area contributed by atoms with Gasteiger partial charge < -0.3 is 20.4 Å². The molecule has 2 amide bonds. The van der Waals surface area contributed by atoms with Crippen molar-refractivity contribution in [3.63, 3.8) is 0 Å². The highest BCUT2D eigenvalue weighted by Gasteiger charge is 2.27. The van der Waals surface area contributed by atoms with Crippen LogP contribution in [-0.2, 0) is 11.3 Å². The van der Waals surface area contributed by atoms with Crippen LogP contribution in [0.4, 0.5) is 6.01 Å². The lowest BCUT2D eigenvalue weighted by atomic mass is 9.96. The Balaban J connectivity index is 1.31. The Bertz CT molecular complexity index is 973. The standard InChI is InChI=1S/C21H22N4O3/c22-19(26)16-5-3-4-14(12-16)13-23-20(27)15-8-10-25(11-9-15)21-24-17-6-1-2-7-18(17)28-21/h1-7,12,15H,8-11,13H2,(H2,22,26)(H,23,27). The number of fused-ring (bicyclic) bond motifs is 1. The Hall–Kier alpha value is -3.35. The van der Waals surface area contributed by atoms with Crippen LogP contribution in [0.1, 0.15) is 28.8 Å². The first-order chi connectivity index (χ1) is 13.6. The highest BCUT2D eigenvalue weighted by Crippen LogP contribution is 2.26. The third kappa shape index (κ3) is 3.83. The number of nitrogens with zero attached hydrogens (tertiary/aromatic N) is 2. The summed E-state index contributed by atoms with van der Waals surface area (Å²) in [6.45, 7) is 1.83. The second kappa shape index (κ2) is 7.72. The quantitative estimate of drug-likeness (QED) is 0.710. The minimum Gasteiger partial charge on any atom is -0.423 e. The molecule has 1 aliphatic rings. The predicted octanol–water partition coefficient (Wildman–Crippen LogP) is 2.46. The molecule has 0 aliphatic carbocycles. The number of carbonyl (C=O) groups is 2. The first kappa shape index (κ1) is 18.0. The topological polar surface area (TPSA) is 101 Å². The first-order valence-electron chi connectivity index (χ1n) is 9.37. The number of para-hydroxylation sites is 2. The number of amides is 2. The number of primary amides is 1. The SMILES string of the molecule is NC(=O)c1cccc(CNC(=O)C2CCN(c3nc4ccccc4o3)CC2)c1. The molecular formula is C21H22N4O3. The van der Waals surface area contributed by atoms with Crippen LogP contribution < -0.4 is 16.0 Å². The number of hydrogen-bond donors (Lipinski definition) is 2. The van der Waals surface area contributed by atoms with E-state index in [-0.39, 0.29) is 11.8 Å². The molecule has 2 heterocycles. The predicted molar refractivity (Wildman–Crippen MR) is 106 cm³/mol. The number of benzene rings is 2. The van der Waals surface area contributed by atoms with Gasteiger partial charge in [-0.15, -0.1) is 0 Å². The molecule has 0 bridgehead atoms. The van der Waals surface area contributed by atoms with Gasteiger partial charge in [-0.1, -0.05) is 24.3 Å². The van der Waals surface area contributed by atoms with Crippen molar-refractivity contribution in [3.8, 4) is 0 Å². The minimum absolute atomic E-state index is 0.0293. The van der Waals surface area contributed by atoms with Crippen LogP contribution in [0.3, 0.4) is 0 Å². The normalized spacial score (nSPS) is 14.9. The zero-order chi connectivity index (χ0) is 19.5. The smallest absolute Gasteiger partial charge is 0.298 e. The van der Waals surface area contributed by atoms with Gasteiger partial charge in [0, 0.05) is 31.1 Å². The van der Waals surface area contributed by atoms with Gasteiger partial charge in [-0.3, -0.25) is 9.59 Å². The van der Waals surface area contributed by atoms with Gasteiger partial charge in [-0.25, -0.2) is 0 Å². The fraction of sp³-hybridized carbons (Fsp3) is 0.286. The maximum absolute atomic E-state index is 12.5. The molecule has 2 aromatic carbocycles. The van der Waals surface area contributed by atoms with Crippen molar-refractivity contribution in [1.29, 1.82) is 0 Å². The first-order valence-corrected chi connectivity index (χ1v) is 9.37. The van der Waals surface area contributed by atoms with Crippen LogP contribution in [0.25, 0.3) is 11.1 Å². The van der Waals surface area contributed by atoms with E-state index in [2.05, 4.69) is 15.2 Å². The summed E-state index contributed by atoms with van der Waals surface area (Å²) >= 11 is 0. The summed E-state index contributed by atoms with van der Waals surface area (Å²) in [4.78, 5) is 30.4. The van der Waals surface area contributed by atoms with E-state index < -0.39 is 5.91 Å². The maximum atomic E-state index is 12.5. The van der Waals surface area contributed by atoms with Crippen molar-refractivity contribution in [2.24, 2.45) is 11.7 Å². The number of anilines is 1. The third-order valence-electron chi connectivity index (χ3n) is 5.10. The van der Waals surface area contributed by atoms with E-state index in [0.29, 0.717) is 18.1 Å². The van der Waals surface area contributed by atoms with E-state index in [9.17, 15) is 9.59 Å². The van der Waals surface area contributed by atoms with Gasteiger partial charge in [0.2, 0.25) is 11.8 Å². The van der Waals surface area contributed by atoms with E-state index in [1.807, 2.05) is 30.3 Å². The summed E-state index contributed by atoms with van der Waals surface area (Å²) < 4.78 is 5.82. The van der Waals surface area contributed by atoms with Gasteiger partial charge in [0.25, 0.3) is 6.01 Å². The highest BCUT2D eigenvalue weighted by atomic mass is 16.4. The van der Waals surface area contributed by atoms with Crippen molar-refractivity contribution in [3.05, 3.63) is 59.7 Å². The molecule has 1 aromatic heterocycles. The average molecular weight is 378 g/mol. The zero-order valence-electron chi connectivity index (χ0n) is 15.4. The van der Waals surface area contributed by atoms with Gasteiger partial charge in [0.1, 0.15) is 5.52 Å². The van der Waals surface area contributed by atoms with E-state index in [4.69, 9.17) is 10.2 Å². The van der Waals surface area contributed by atoms with Gasteiger partial charge in [-0.2, -0.15) is 4.98 Å². The van der Waals surface area contributed by atoms with Crippen molar-refractivity contribution < 1.29 is 14.0 Å². The number of carbonyl (C=O) groups excluding carboxylic acids is 2. The van der Waals surface area contributed by atoms with Gasteiger partial charge in [0.05, 0.1) is 0 Å². The largest absolute Gasteiger partial charge is 0.423 e. The second-order valence-corrected chi connectivity index (χ2v) is 7.01. The summed E-state index contributed by atoms with van der Waals surface area (Å²) in [6, 6.07) is 15.3. The molecule has 7 heteroatoms. The average Bonchev–Trinajstić information content (AvgIpc) is 3.16. The monoisotopic (exact) mass is 378 g/mol. The molecule has 1 saturated heterocycles. The lowest BCUT2D eigenvalue weighted by molar-refractivity contribution is -0.125. The Morgan fingerprint density at radius 3 is 2.68 bits per heavy atom. The molecule has 3 N–H and O–H groups in total. The summed E-state index contributed by atoms with van der Waals surface area (Å²) in [7, 11) is 0. The van der Waals surface area contributed by atoms with E-state index in [1.54, 1.807) is 18.2 Å². The van der Waals surface area contributed by atoms with Crippen molar-refractivity contribution in [2.75, 3.05) is 18.0 Å². The highest BCUT2D eigenvalue weighted by molar-refractivity contribution is 5.92. The van der Waals surface area contributed by atoms with Gasteiger partial charge in [-0.05, 0) is 42.7 Å². The Morgan fingerprint density at radius 2 is 1.93 bits per heavy atom. The van der Waals surface area contributed by atoms with Crippen LogP contribution in [0.5, 0.6) is 0 Å². The molecular weight excluding hydrogens is 356 g/mol. The van der Waals surface area contributed by atoms with E-state index in [1.165, 1.54) is 0 Å². The van der Waals surface area contributed by atoms with Crippen molar-refractivity contribution >= 4 is 28.9 Å². The lowest BCUT2D eigenvalue weighted by Crippen LogP contribution is -2.40. The van der Waals surface area contributed by atoms with Crippen LogP contribution >= 0.6 is 0 Å². The molecule has 0 saturated carbocycles. The van der Waals surface area contributed by atoms with Gasteiger partial charge in [0.15, 0.2) is 5.58 Å². The maximum Gasteiger partial charge on any atom is 0.298 e. The number of aromatic nitrogens is 1. The Labute approximate surface area is 162 Å². The Morgan fingerprint density at radius 1 is 1.14 bits per heavy atom. The van der Waals surface area contributed by atoms with Gasteiger partial charge >= 0.3 is 0 Å². The number of oxazole rings is 1. The molecule has 0 unspecified atom stereocenters. The van der Waals surface area contributed by atoms with E-state index in [0.717, 1.165) is 42.6 Å². The molecule has 4 rings (SSSR count). The number of hydrogen-bond acceptors (Lipinski definition) is 5. The fourth-order valence-corrected chi connectivity index (χ4v) is 3.50. The van der Waals surface area contributed by atoms with Crippen LogP contribution in [0, 0.1) is 5.92 Å². The number of rotatable bonds is 5. The third-order valence-corrected chi connectivity index (χ3v) is 5.10. The van der Waals surface area contributed by atoms with Crippen molar-refractivity contribution in [2.45, 2.75) is 19.4 Å². The molecule has 0 spiro atoms. The zero-order valence-corrected chi connectivity index (χ0v) is 15.4. The summed E-state index contributed by atoms with van der Waals surface area (Å²) in [5.74, 6) is -0.485. The minimum atomic E-state index is -0.472. The number of nitrogens with one attached hydrogen (secondary N) is 1. The fourth-order valence-electron chi connectivity index (χ4n) is 3.50. The molecule has 28 heavy (non-hydrogen) atoms. The molecule has 1 fully saturated rings. The molecule has 144 valence electrons. The van der Waals surface area contributed by atoms with Crippen LogP contribution in [0.15, 0.2) is 52.9 Å². The summed E-state index contributed by atoms with van der Waals surface area (Å²) in [5, 5.41) is 2.96. The molecule has 3 aromatic rings. The van der Waals surface area contributed by atoms with Crippen LogP contribution in [-0.4, -0.2) is 29.9 Å². The summed E-state index contributed by atoms with van der Waals surface area (Å²) in [6.07, 6.45) is 1.48. The molecule has 0 atom stereocenters. The van der Waals surface area contributed by atoms with E-state index >= 15 is 0 Å². The second-order valence-electron chi connectivity index (χ2n) is 7.01. The number of nitrogens with two attached hydrogens (primary N) is 1. The lowest BCUT2D eigenvalue weighted by Gasteiger charge is -2.30. The van der Waals surface area contributed by atoms with Crippen molar-refractivity contribution in [1.82, 2.24) is 10.3 Å². The Kier molecular flexibility index (Phi) is 4.97. The van der Waals surface area contributed by atoms with Crippen LogP contribution in [0.2, 0.25) is 0 Å². The molecule has 1 aliphatic heterocycles. The summed E-state index contributed by atoms with van der Waals surface area (Å²) in [5.41, 5.74) is 8.21.